The van der Waals surface area contributed by atoms with Crippen LogP contribution in [0.5, 0.6) is 0 Å². The third kappa shape index (κ3) is 6.10. The van der Waals surface area contributed by atoms with Crippen LogP contribution in [0.4, 0.5) is 4.79 Å². The molecule has 1 fully saturated rings. The van der Waals surface area contributed by atoms with Crippen molar-refractivity contribution in [3.05, 3.63) is 59.0 Å². The van der Waals surface area contributed by atoms with Crippen molar-refractivity contribution in [3.8, 4) is 0 Å². The van der Waals surface area contributed by atoms with E-state index < -0.39 is 0 Å². The molecule has 7 heteroatoms. The molecule has 0 N–H and O–H groups in total. The van der Waals surface area contributed by atoms with E-state index in [4.69, 9.17) is 9.15 Å². The lowest BCUT2D eigenvalue weighted by Gasteiger charge is -2.33. The number of carbonyl (C=O) groups excluding carboxylic acids is 2. The number of benzene rings is 1. The number of hydrogen-bond acceptors (Lipinski definition) is 5. The molecule has 1 saturated heterocycles. The normalized spacial score (nSPS) is 14.4. The van der Waals surface area contributed by atoms with E-state index in [0.29, 0.717) is 51.1 Å². The van der Waals surface area contributed by atoms with Gasteiger partial charge in [0.2, 0.25) is 0 Å². The highest BCUT2D eigenvalue weighted by molar-refractivity contribution is 5.91. The summed E-state index contributed by atoms with van der Waals surface area (Å²) in [7, 11) is 0. The van der Waals surface area contributed by atoms with Crippen LogP contribution in [0.3, 0.4) is 0 Å². The summed E-state index contributed by atoms with van der Waals surface area (Å²) < 4.78 is 10.9. The number of hydrogen-bond donors (Lipinski definition) is 0. The molecule has 1 aromatic carbocycles. The van der Waals surface area contributed by atoms with Gasteiger partial charge in [0.05, 0.1) is 13.2 Å². The maximum atomic E-state index is 12.8. The molecule has 3 rings (SSSR count). The quantitative estimate of drug-likeness (QED) is 0.670. The standard InChI is InChI=1S/C24H33N3O4/c1-5-30-24(29)26-14-12-25(13-15-26)23(28)22-11-10-21(31-22)17-27(18(2)3)16-20-8-6-19(4)7-9-20/h6-11,18H,5,12-17H2,1-4H3. The highest BCUT2D eigenvalue weighted by Gasteiger charge is 2.27. The Morgan fingerprint density at radius 3 is 2.26 bits per heavy atom. The molecule has 1 aliphatic rings. The van der Waals surface area contributed by atoms with Crippen molar-refractivity contribution < 1.29 is 18.7 Å². The third-order valence-electron chi connectivity index (χ3n) is 5.56. The Morgan fingerprint density at radius 2 is 1.65 bits per heavy atom. The molecule has 0 unspecified atom stereocenters. The highest BCUT2D eigenvalue weighted by Crippen LogP contribution is 2.18. The van der Waals surface area contributed by atoms with Gasteiger partial charge in [-0.05, 0) is 45.4 Å². The number of nitrogens with zero attached hydrogens (tertiary/aromatic N) is 3. The van der Waals surface area contributed by atoms with Crippen LogP contribution in [0.1, 0.15) is 48.2 Å². The molecule has 1 aromatic heterocycles. The van der Waals surface area contributed by atoms with Crippen molar-refractivity contribution in [2.75, 3.05) is 32.8 Å². The van der Waals surface area contributed by atoms with Gasteiger partial charge >= 0.3 is 6.09 Å². The van der Waals surface area contributed by atoms with E-state index in [1.54, 1.807) is 22.8 Å². The SMILES string of the molecule is CCOC(=O)N1CCN(C(=O)c2ccc(CN(Cc3ccc(C)cc3)C(C)C)o2)CC1. The average Bonchev–Trinajstić information content (AvgIpc) is 3.23. The van der Waals surface area contributed by atoms with E-state index >= 15 is 0 Å². The van der Waals surface area contributed by atoms with Gasteiger partial charge in [0.1, 0.15) is 5.76 Å². The van der Waals surface area contributed by atoms with Crippen LogP contribution in [0, 0.1) is 6.92 Å². The minimum atomic E-state index is -0.322. The molecule has 168 valence electrons. The Kier molecular flexibility index (Phi) is 7.74. The van der Waals surface area contributed by atoms with Gasteiger partial charge in [-0.1, -0.05) is 29.8 Å². The summed E-state index contributed by atoms with van der Waals surface area (Å²) in [5.74, 6) is 0.984. The van der Waals surface area contributed by atoms with Crippen molar-refractivity contribution in [1.82, 2.24) is 14.7 Å². The second-order valence-corrected chi connectivity index (χ2v) is 8.23. The topological polar surface area (TPSA) is 66.2 Å². The van der Waals surface area contributed by atoms with E-state index in [1.807, 2.05) is 6.07 Å². The van der Waals surface area contributed by atoms with E-state index in [0.717, 1.165) is 12.3 Å². The van der Waals surface area contributed by atoms with Crippen molar-refractivity contribution in [2.24, 2.45) is 0 Å². The number of furan rings is 1. The summed E-state index contributed by atoms with van der Waals surface area (Å²) in [6, 6.07) is 12.5. The maximum Gasteiger partial charge on any atom is 0.409 e. The van der Waals surface area contributed by atoms with E-state index in [1.165, 1.54) is 11.1 Å². The fourth-order valence-corrected chi connectivity index (χ4v) is 3.59. The first-order valence-corrected chi connectivity index (χ1v) is 11.0. The fourth-order valence-electron chi connectivity index (χ4n) is 3.59. The Bertz CT molecular complexity index is 867. The zero-order chi connectivity index (χ0) is 22.4. The molecule has 2 aromatic rings. The number of carbonyl (C=O) groups is 2. The van der Waals surface area contributed by atoms with E-state index in [2.05, 4.69) is 49.9 Å². The summed E-state index contributed by atoms with van der Waals surface area (Å²) in [4.78, 5) is 30.3. The third-order valence-corrected chi connectivity index (χ3v) is 5.56. The molecular weight excluding hydrogens is 394 g/mol. The summed E-state index contributed by atoms with van der Waals surface area (Å²) in [6.45, 7) is 11.9. The van der Waals surface area contributed by atoms with Crippen LogP contribution in [0.2, 0.25) is 0 Å². The van der Waals surface area contributed by atoms with Gasteiger partial charge in [0.15, 0.2) is 5.76 Å². The molecule has 31 heavy (non-hydrogen) atoms. The first-order valence-electron chi connectivity index (χ1n) is 11.0. The number of amides is 2. The minimum Gasteiger partial charge on any atom is -0.455 e. The number of ether oxygens (including phenoxy) is 1. The molecule has 0 aliphatic carbocycles. The zero-order valence-electron chi connectivity index (χ0n) is 19.0. The molecule has 0 radical (unpaired) electrons. The van der Waals surface area contributed by atoms with Crippen molar-refractivity contribution in [1.29, 1.82) is 0 Å². The van der Waals surface area contributed by atoms with Crippen LogP contribution in [0.15, 0.2) is 40.8 Å². The van der Waals surface area contributed by atoms with E-state index in [-0.39, 0.29) is 12.0 Å². The second-order valence-electron chi connectivity index (χ2n) is 8.23. The van der Waals surface area contributed by atoms with Crippen LogP contribution in [0.25, 0.3) is 0 Å². The molecule has 1 aliphatic heterocycles. The van der Waals surface area contributed by atoms with Gasteiger partial charge in [0, 0.05) is 38.8 Å². The van der Waals surface area contributed by atoms with Gasteiger partial charge in [-0.3, -0.25) is 9.69 Å². The summed E-state index contributed by atoms with van der Waals surface area (Å²) in [5, 5.41) is 0. The monoisotopic (exact) mass is 427 g/mol. The molecule has 0 spiro atoms. The smallest absolute Gasteiger partial charge is 0.409 e. The number of aryl methyl sites for hydroxylation is 1. The lowest BCUT2D eigenvalue weighted by atomic mass is 10.1. The average molecular weight is 428 g/mol. The molecular formula is C24H33N3O4. The largest absolute Gasteiger partial charge is 0.455 e. The first kappa shape index (κ1) is 22.9. The lowest BCUT2D eigenvalue weighted by molar-refractivity contribution is 0.0543. The lowest BCUT2D eigenvalue weighted by Crippen LogP contribution is -2.50. The molecule has 0 atom stereocenters. The van der Waals surface area contributed by atoms with Crippen LogP contribution >= 0.6 is 0 Å². The molecule has 7 nitrogen and oxygen atoms in total. The Balaban J connectivity index is 1.58. The number of rotatable bonds is 7. The molecule has 0 bridgehead atoms. The van der Waals surface area contributed by atoms with Gasteiger partial charge in [-0.15, -0.1) is 0 Å². The molecule has 2 amide bonds. The Hall–Kier alpha value is -2.80. The van der Waals surface area contributed by atoms with Crippen LogP contribution in [-0.4, -0.2) is 65.5 Å². The molecule has 2 heterocycles. The Morgan fingerprint density at radius 1 is 1.00 bits per heavy atom. The number of piperazine rings is 1. The molecule has 0 saturated carbocycles. The second kappa shape index (κ2) is 10.5. The van der Waals surface area contributed by atoms with Crippen LogP contribution in [-0.2, 0) is 17.8 Å². The first-order chi connectivity index (χ1) is 14.9. The van der Waals surface area contributed by atoms with Crippen molar-refractivity contribution >= 4 is 12.0 Å². The van der Waals surface area contributed by atoms with Crippen molar-refractivity contribution in [2.45, 2.75) is 46.8 Å². The van der Waals surface area contributed by atoms with Gasteiger partial charge in [0.25, 0.3) is 5.91 Å². The van der Waals surface area contributed by atoms with Crippen molar-refractivity contribution in [3.63, 3.8) is 0 Å². The van der Waals surface area contributed by atoms with Gasteiger partial charge in [-0.25, -0.2) is 4.79 Å². The highest BCUT2D eigenvalue weighted by atomic mass is 16.6. The van der Waals surface area contributed by atoms with E-state index in [9.17, 15) is 9.59 Å². The predicted molar refractivity (Wildman–Crippen MR) is 119 cm³/mol. The predicted octanol–water partition coefficient (Wildman–Crippen LogP) is 3.91. The maximum absolute atomic E-state index is 12.8. The van der Waals surface area contributed by atoms with Gasteiger partial charge < -0.3 is 19.0 Å². The summed E-state index contributed by atoms with van der Waals surface area (Å²) in [5.41, 5.74) is 2.50. The summed E-state index contributed by atoms with van der Waals surface area (Å²) >= 11 is 0. The minimum absolute atomic E-state index is 0.135. The zero-order valence-corrected chi connectivity index (χ0v) is 19.0. The van der Waals surface area contributed by atoms with Gasteiger partial charge in [-0.2, -0.15) is 0 Å². The fraction of sp³-hybridized carbons (Fsp3) is 0.500. The summed E-state index contributed by atoms with van der Waals surface area (Å²) in [6.07, 6.45) is -0.322. The Labute approximate surface area is 184 Å². The van der Waals surface area contributed by atoms with Crippen LogP contribution < -0.4 is 0 Å².